The number of rotatable bonds is 5. The molecule has 0 saturated carbocycles. The zero-order valence-corrected chi connectivity index (χ0v) is 20.2. The number of nitriles is 1. The monoisotopic (exact) mass is 486 g/mol. The molecule has 37 heavy (non-hydrogen) atoms. The highest BCUT2D eigenvalue weighted by Crippen LogP contribution is 2.36. The number of hydrogen-bond donors (Lipinski definition) is 0. The smallest absolute Gasteiger partial charge is 0.161 e. The molecule has 6 nitrogen and oxygen atoms in total. The molecule has 0 unspecified atom stereocenters. The first-order valence-electron chi connectivity index (χ1n) is 11.7. The molecule has 3 aromatic carbocycles. The first kappa shape index (κ1) is 23.7. The lowest BCUT2D eigenvalue weighted by molar-refractivity contribution is 0.111. The summed E-state index contributed by atoms with van der Waals surface area (Å²) in [4.78, 5) is 15.6. The van der Waals surface area contributed by atoms with E-state index in [2.05, 4.69) is 29.0 Å². The molecule has 5 rings (SSSR count). The van der Waals surface area contributed by atoms with Crippen molar-refractivity contribution in [3.8, 4) is 46.3 Å². The Hall–Kier alpha value is -5.07. The first-order valence-corrected chi connectivity index (χ1v) is 11.7. The summed E-state index contributed by atoms with van der Waals surface area (Å²) in [6.07, 6.45) is 3.86. The molecule has 0 bridgehead atoms. The number of hydrogen-bond acceptors (Lipinski definition) is 6. The van der Waals surface area contributed by atoms with Gasteiger partial charge in [0.1, 0.15) is 31.6 Å². The fourth-order valence-electron chi connectivity index (χ4n) is 4.06. The van der Waals surface area contributed by atoms with E-state index >= 15 is 0 Å². The van der Waals surface area contributed by atoms with E-state index in [-0.39, 0.29) is 6.61 Å². The predicted octanol–water partition coefficient (Wildman–Crippen LogP) is 5.49. The SMILES string of the molecule is Cc1c(C#Cc2ccc(C=O)c(OCc3cncc(C#N)c3)c2)cccc1-c1ccc2c(c1)OCCO2. The third-order valence-corrected chi connectivity index (χ3v) is 5.99. The fourth-order valence-corrected chi connectivity index (χ4v) is 4.06. The van der Waals surface area contributed by atoms with E-state index in [1.165, 1.54) is 6.20 Å². The van der Waals surface area contributed by atoms with Crippen LogP contribution in [0.5, 0.6) is 17.2 Å². The number of pyridine rings is 1. The van der Waals surface area contributed by atoms with Crippen LogP contribution < -0.4 is 14.2 Å². The summed E-state index contributed by atoms with van der Waals surface area (Å²) < 4.78 is 17.3. The second-order valence-electron chi connectivity index (χ2n) is 8.44. The van der Waals surface area contributed by atoms with Gasteiger partial charge in [0.15, 0.2) is 17.8 Å². The quantitative estimate of drug-likeness (QED) is 0.274. The number of nitrogens with zero attached hydrogens (tertiary/aromatic N) is 2. The summed E-state index contributed by atoms with van der Waals surface area (Å²) >= 11 is 0. The number of aromatic nitrogens is 1. The lowest BCUT2D eigenvalue weighted by atomic mass is 9.96. The summed E-state index contributed by atoms with van der Waals surface area (Å²) in [5.74, 6) is 8.38. The summed E-state index contributed by atoms with van der Waals surface area (Å²) in [7, 11) is 0. The van der Waals surface area contributed by atoms with Gasteiger partial charge in [0.2, 0.25) is 0 Å². The number of benzene rings is 3. The van der Waals surface area contributed by atoms with Gasteiger partial charge in [-0.1, -0.05) is 30.0 Å². The normalized spacial score (nSPS) is 11.6. The molecule has 0 saturated heterocycles. The molecule has 0 N–H and O–H groups in total. The molecule has 0 radical (unpaired) electrons. The lowest BCUT2D eigenvalue weighted by Crippen LogP contribution is -2.15. The Labute approximate surface area is 215 Å². The van der Waals surface area contributed by atoms with Crippen LogP contribution in [0.4, 0.5) is 0 Å². The molecule has 0 spiro atoms. The third-order valence-electron chi connectivity index (χ3n) is 5.99. The zero-order valence-electron chi connectivity index (χ0n) is 20.2. The van der Waals surface area contributed by atoms with Crippen molar-refractivity contribution in [2.75, 3.05) is 13.2 Å². The van der Waals surface area contributed by atoms with Crippen molar-refractivity contribution in [3.63, 3.8) is 0 Å². The minimum atomic E-state index is 0.178. The van der Waals surface area contributed by atoms with Crippen LogP contribution in [0, 0.1) is 30.1 Å². The van der Waals surface area contributed by atoms with Crippen molar-refractivity contribution in [2.45, 2.75) is 13.5 Å². The van der Waals surface area contributed by atoms with Crippen LogP contribution in [0.25, 0.3) is 11.1 Å². The second-order valence-corrected chi connectivity index (χ2v) is 8.44. The Bertz CT molecular complexity index is 1590. The minimum Gasteiger partial charge on any atom is -0.488 e. The maximum atomic E-state index is 11.5. The molecular formula is C31H22N2O4. The van der Waals surface area contributed by atoms with E-state index in [0.717, 1.165) is 45.6 Å². The molecule has 2 heterocycles. The molecule has 6 heteroatoms. The highest BCUT2D eigenvalue weighted by atomic mass is 16.6. The molecule has 1 aromatic heterocycles. The molecule has 0 amide bonds. The van der Waals surface area contributed by atoms with Crippen molar-refractivity contribution in [1.82, 2.24) is 4.98 Å². The summed E-state index contributed by atoms with van der Waals surface area (Å²) in [6.45, 7) is 3.32. The maximum absolute atomic E-state index is 11.5. The maximum Gasteiger partial charge on any atom is 0.161 e. The third kappa shape index (κ3) is 5.29. The number of carbonyl (C=O) groups is 1. The molecule has 0 atom stereocenters. The van der Waals surface area contributed by atoms with Gasteiger partial charge in [0.25, 0.3) is 0 Å². The van der Waals surface area contributed by atoms with Crippen molar-refractivity contribution in [1.29, 1.82) is 5.26 Å². The average Bonchev–Trinajstić information content (AvgIpc) is 2.95. The molecule has 0 fully saturated rings. The van der Waals surface area contributed by atoms with Gasteiger partial charge in [-0.3, -0.25) is 9.78 Å². The molecule has 4 aromatic rings. The van der Waals surface area contributed by atoms with Crippen LogP contribution in [0.3, 0.4) is 0 Å². The Morgan fingerprint density at radius 2 is 1.84 bits per heavy atom. The Kier molecular flexibility index (Phi) is 6.83. The number of aldehydes is 1. The minimum absolute atomic E-state index is 0.178. The summed E-state index contributed by atoms with van der Waals surface area (Å²) in [5, 5.41) is 9.06. The predicted molar refractivity (Wildman–Crippen MR) is 139 cm³/mol. The van der Waals surface area contributed by atoms with E-state index < -0.39 is 0 Å². The van der Waals surface area contributed by atoms with Crippen LogP contribution in [0.1, 0.15) is 38.2 Å². The van der Waals surface area contributed by atoms with Gasteiger partial charge in [-0.25, -0.2) is 0 Å². The van der Waals surface area contributed by atoms with Gasteiger partial charge in [-0.15, -0.1) is 0 Å². The number of carbonyl (C=O) groups excluding carboxylic acids is 1. The van der Waals surface area contributed by atoms with Gasteiger partial charge in [-0.05, 0) is 66.1 Å². The zero-order chi connectivity index (χ0) is 25.6. The van der Waals surface area contributed by atoms with Gasteiger partial charge in [-0.2, -0.15) is 5.26 Å². The lowest BCUT2D eigenvalue weighted by Gasteiger charge is -2.19. The van der Waals surface area contributed by atoms with Crippen molar-refractivity contribution < 1.29 is 19.0 Å². The number of ether oxygens (including phenoxy) is 3. The van der Waals surface area contributed by atoms with Crippen LogP contribution >= 0.6 is 0 Å². The van der Waals surface area contributed by atoms with Gasteiger partial charge < -0.3 is 14.2 Å². The highest BCUT2D eigenvalue weighted by molar-refractivity contribution is 5.80. The first-order chi connectivity index (χ1) is 18.1. The topological polar surface area (TPSA) is 81.4 Å². The van der Waals surface area contributed by atoms with Crippen LogP contribution in [0.15, 0.2) is 73.1 Å². The van der Waals surface area contributed by atoms with Gasteiger partial charge >= 0.3 is 0 Å². The van der Waals surface area contributed by atoms with E-state index in [9.17, 15) is 4.79 Å². The van der Waals surface area contributed by atoms with Crippen LogP contribution in [-0.2, 0) is 6.61 Å². The Balaban J connectivity index is 1.40. The molecule has 1 aliphatic heterocycles. The van der Waals surface area contributed by atoms with E-state index in [4.69, 9.17) is 19.5 Å². The molecule has 0 aliphatic carbocycles. The van der Waals surface area contributed by atoms with Crippen molar-refractivity contribution in [3.05, 3.63) is 106 Å². The Morgan fingerprint density at radius 3 is 2.68 bits per heavy atom. The molecule has 1 aliphatic rings. The highest BCUT2D eigenvalue weighted by Gasteiger charge is 2.14. The standard InChI is InChI=1S/C31H22N2O4/c1-21-25(3-2-4-28(21)26-9-10-29-31(15-26)36-12-11-35-29)7-5-22-6-8-27(19-34)30(14-22)37-20-24-13-23(16-32)17-33-18-24/h2-4,6,8-10,13-15,17-19H,11-12,20H2,1H3. The molecule has 180 valence electrons. The van der Waals surface area contributed by atoms with E-state index in [1.54, 1.807) is 30.5 Å². The average molecular weight is 487 g/mol. The van der Waals surface area contributed by atoms with E-state index in [1.807, 2.05) is 37.3 Å². The van der Waals surface area contributed by atoms with Crippen molar-refractivity contribution >= 4 is 6.29 Å². The number of fused-ring (bicyclic) bond motifs is 1. The second kappa shape index (κ2) is 10.7. The largest absolute Gasteiger partial charge is 0.488 e. The van der Waals surface area contributed by atoms with Crippen molar-refractivity contribution in [2.24, 2.45) is 0 Å². The van der Waals surface area contributed by atoms with Gasteiger partial charge in [0, 0.05) is 29.1 Å². The summed E-state index contributed by atoms with van der Waals surface area (Å²) in [6, 6.07) is 21.0. The molecular weight excluding hydrogens is 464 g/mol. The summed E-state index contributed by atoms with van der Waals surface area (Å²) in [5.41, 5.74) is 6.37. The van der Waals surface area contributed by atoms with Gasteiger partial charge in [0.05, 0.1) is 11.1 Å². The Morgan fingerprint density at radius 1 is 0.973 bits per heavy atom. The van der Waals surface area contributed by atoms with Crippen LogP contribution in [-0.4, -0.2) is 24.5 Å². The fraction of sp³-hybridized carbons (Fsp3) is 0.129. The van der Waals surface area contributed by atoms with Crippen LogP contribution in [0.2, 0.25) is 0 Å². The van der Waals surface area contributed by atoms with E-state index in [0.29, 0.717) is 35.7 Å².